The normalized spacial score (nSPS) is 14.4. The van der Waals surface area contributed by atoms with Crippen molar-refractivity contribution in [3.63, 3.8) is 0 Å². The number of nitrogens with two attached hydrogens (primary N) is 2. The predicted molar refractivity (Wildman–Crippen MR) is 166 cm³/mol. The lowest BCUT2D eigenvalue weighted by atomic mass is 9.87. The standard InChI is InChI=1S/C32H47N5O7/c1-20(2)16-22-12-14-23(15-13-22)19-44-31(43)36(32(4,5)6)26(18-38)28(29(41)21(3)24-10-8-7-9-11-24)37(34)35-30(42)25(33)17-27(39)40/h7-15,20-21,25-26,28,38H,16-19,33-34H2,1-6H3,(H,35,42)(H,39,40)/t21?,25-,26-,28+/m1/s1. The maximum atomic E-state index is 14.1. The van der Waals surface area contributed by atoms with Crippen LogP contribution in [0.5, 0.6) is 0 Å². The number of nitrogens with one attached hydrogen (secondary N) is 1. The van der Waals surface area contributed by atoms with Crippen LogP contribution in [-0.4, -0.2) is 74.3 Å². The Bertz CT molecular complexity index is 1250. The highest BCUT2D eigenvalue weighted by molar-refractivity contribution is 5.92. The van der Waals surface area contributed by atoms with E-state index in [-0.39, 0.29) is 6.61 Å². The summed E-state index contributed by atoms with van der Waals surface area (Å²) in [5.41, 5.74) is 9.58. The minimum Gasteiger partial charge on any atom is -0.481 e. The van der Waals surface area contributed by atoms with E-state index in [4.69, 9.17) is 21.4 Å². The van der Waals surface area contributed by atoms with Crippen molar-refractivity contribution in [3.8, 4) is 0 Å². The number of aliphatic carboxylic acids is 1. The molecule has 2 aromatic rings. The van der Waals surface area contributed by atoms with E-state index in [1.165, 1.54) is 4.90 Å². The Morgan fingerprint density at radius 2 is 1.52 bits per heavy atom. The van der Waals surface area contributed by atoms with Crippen LogP contribution >= 0.6 is 0 Å². The first-order chi connectivity index (χ1) is 20.6. The van der Waals surface area contributed by atoms with Gasteiger partial charge in [-0.2, -0.15) is 0 Å². The monoisotopic (exact) mass is 613 g/mol. The lowest BCUT2D eigenvalue weighted by Crippen LogP contribution is -2.69. The maximum Gasteiger partial charge on any atom is 0.410 e. The number of benzene rings is 2. The molecule has 2 rings (SSSR count). The summed E-state index contributed by atoms with van der Waals surface area (Å²) in [4.78, 5) is 52.8. The number of ether oxygens (including phenoxy) is 1. The summed E-state index contributed by atoms with van der Waals surface area (Å²) in [6, 6.07) is 12.3. The molecule has 4 atom stereocenters. The largest absolute Gasteiger partial charge is 0.481 e. The number of carbonyl (C=O) groups excluding carboxylic acids is 3. The first kappa shape index (κ1) is 36.4. The van der Waals surface area contributed by atoms with E-state index in [0.717, 1.165) is 17.5 Å². The molecule has 0 spiro atoms. The molecule has 0 bridgehead atoms. The lowest BCUT2D eigenvalue weighted by molar-refractivity contribution is -0.143. The molecule has 0 aromatic heterocycles. The lowest BCUT2D eigenvalue weighted by Gasteiger charge is -2.45. The Kier molecular flexibility index (Phi) is 13.5. The molecule has 0 radical (unpaired) electrons. The van der Waals surface area contributed by atoms with Gasteiger partial charge in [0.1, 0.15) is 12.6 Å². The van der Waals surface area contributed by atoms with Gasteiger partial charge in [0.2, 0.25) is 0 Å². The van der Waals surface area contributed by atoms with Gasteiger partial charge in [-0.25, -0.2) is 10.6 Å². The minimum atomic E-state index is -1.49. The summed E-state index contributed by atoms with van der Waals surface area (Å²) < 4.78 is 5.67. The van der Waals surface area contributed by atoms with Crippen LogP contribution in [0.3, 0.4) is 0 Å². The number of ketones is 1. The van der Waals surface area contributed by atoms with E-state index >= 15 is 0 Å². The number of nitrogens with zero attached hydrogens (tertiary/aromatic N) is 2. The second-order valence-electron chi connectivity index (χ2n) is 12.3. The minimum absolute atomic E-state index is 0.0579. The average molecular weight is 614 g/mol. The Balaban J connectivity index is 2.43. The van der Waals surface area contributed by atoms with E-state index in [0.29, 0.717) is 16.6 Å². The number of carboxylic acids is 1. The highest BCUT2D eigenvalue weighted by Gasteiger charge is 2.45. The molecule has 12 nitrogen and oxygen atoms in total. The van der Waals surface area contributed by atoms with E-state index in [9.17, 15) is 24.3 Å². The van der Waals surface area contributed by atoms with Gasteiger partial charge in [0.05, 0.1) is 25.1 Å². The summed E-state index contributed by atoms with van der Waals surface area (Å²) in [6.07, 6.45) is -0.573. The molecule has 12 heteroatoms. The van der Waals surface area contributed by atoms with E-state index in [2.05, 4.69) is 19.3 Å². The zero-order valence-electron chi connectivity index (χ0n) is 26.4. The van der Waals surface area contributed by atoms with Crippen LogP contribution in [0.1, 0.15) is 70.6 Å². The Hall–Kier alpha value is -3.84. The van der Waals surface area contributed by atoms with Gasteiger partial charge >= 0.3 is 12.1 Å². The first-order valence-corrected chi connectivity index (χ1v) is 14.6. The third-order valence-corrected chi connectivity index (χ3v) is 7.12. The molecule has 0 saturated carbocycles. The third-order valence-electron chi connectivity index (χ3n) is 7.12. The van der Waals surface area contributed by atoms with E-state index < -0.39 is 66.4 Å². The molecule has 0 aliphatic heterocycles. The van der Waals surface area contributed by atoms with E-state index in [1.54, 1.807) is 58.0 Å². The fourth-order valence-corrected chi connectivity index (χ4v) is 4.92. The van der Waals surface area contributed by atoms with Crippen molar-refractivity contribution >= 4 is 23.8 Å². The van der Waals surface area contributed by atoms with Gasteiger partial charge in [0.15, 0.2) is 5.78 Å². The molecule has 0 heterocycles. The molecule has 0 saturated heterocycles. The van der Waals surface area contributed by atoms with Gasteiger partial charge in [0, 0.05) is 11.5 Å². The average Bonchev–Trinajstić information content (AvgIpc) is 2.94. The predicted octanol–water partition coefficient (Wildman–Crippen LogP) is 2.73. The van der Waals surface area contributed by atoms with Gasteiger partial charge in [-0.1, -0.05) is 75.4 Å². The third kappa shape index (κ3) is 10.4. The van der Waals surface area contributed by atoms with Gasteiger partial charge in [-0.3, -0.25) is 24.7 Å². The second-order valence-corrected chi connectivity index (χ2v) is 12.3. The van der Waals surface area contributed by atoms with Crippen molar-refractivity contribution in [3.05, 3.63) is 71.3 Å². The van der Waals surface area contributed by atoms with Gasteiger partial charge < -0.3 is 20.7 Å². The van der Waals surface area contributed by atoms with Crippen molar-refractivity contribution in [2.24, 2.45) is 17.5 Å². The van der Waals surface area contributed by atoms with Crippen molar-refractivity contribution in [1.29, 1.82) is 0 Å². The Labute approximate surface area is 259 Å². The molecule has 44 heavy (non-hydrogen) atoms. The van der Waals surface area contributed by atoms with Crippen LogP contribution in [0.2, 0.25) is 0 Å². The highest BCUT2D eigenvalue weighted by atomic mass is 16.6. The number of amides is 2. The number of hydrogen-bond donors (Lipinski definition) is 5. The Morgan fingerprint density at radius 3 is 2.02 bits per heavy atom. The maximum absolute atomic E-state index is 14.1. The molecule has 0 aliphatic carbocycles. The summed E-state index contributed by atoms with van der Waals surface area (Å²) in [6.45, 7) is 10.3. The topological polar surface area (TPSA) is 189 Å². The fourth-order valence-electron chi connectivity index (χ4n) is 4.92. The number of aliphatic hydroxyl groups excluding tert-OH is 1. The van der Waals surface area contributed by atoms with Crippen LogP contribution in [0.15, 0.2) is 54.6 Å². The second kappa shape index (κ2) is 16.3. The van der Waals surface area contributed by atoms with Crippen LogP contribution in [0.25, 0.3) is 0 Å². The molecule has 242 valence electrons. The summed E-state index contributed by atoms with van der Waals surface area (Å²) in [5, 5.41) is 20.4. The molecular weight excluding hydrogens is 566 g/mol. The summed E-state index contributed by atoms with van der Waals surface area (Å²) >= 11 is 0. The number of Topliss-reactive ketones (excluding diaryl/α,β-unsaturated/α-hetero) is 1. The van der Waals surface area contributed by atoms with Crippen LogP contribution in [0, 0.1) is 5.92 Å². The number of rotatable bonds is 15. The first-order valence-electron chi connectivity index (χ1n) is 14.6. The number of carbonyl (C=O) groups is 4. The van der Waals surface area contributed by atoms with Crippen molar-refractivity contribution in [2.75, 3.05) is 6.61 Å². The smallest absolute Gasteiger partial charge is 0.410 e. The van der Waals surface area contributed by atoms with E-state index in [1.807, 2.05) is 24.3 Å². The molecule has 0 fully saturated rings. The SMILES string of the molecule is CC(C)Cc1ccc(COC(=O)N([C@H](CO)[C@@H](C(=O)C(C)c2ccccc2)N(N)NC(=O)[C@H](N)CC(=O)O)C(C)(C)C)cc1. The zero-order valence-corrected chi connectivity index (χ0v) is 26.4. The van der Waals surface area contributed by atoms with Crippen LogP contribution in [-0.2, 0) is 32.1 Å². The highest BCUT2D eigenvalue weighted by Crippen LogP contribution is 2.27. The van der Waals surface area contributed by atoms with Crippen LogP contribution in [0.4, 0.5) is 4.79 Å². The molecule has 1 unspecified atom stereocenters. The van der Waals surface area contributed by atoms with Crippen molar-refractivity contribution in [2.45, 2.75) is 90.6 Å². The molecule has 0 aliphatic rings. The quantitative estimate of drug-likeness (QED) is 0.148. The summed E-state index contributed by atoms with van der Waals surface area (Å²) in [7, 11) is 0. The molecular formula is C32H47N5O7. The number of carboxylic acid groups (broad SMARTS) is 1. The Morgan fingerprint density at radius 1 is 0.955 bits per heavy atom. The van der Waals surface area contributed by atoms with Crippen LogP contribution < -0.4 is 17.0 Å². The van der Waals surface area contributed by atoms with Crippen molar-refractivity contribution in [1.82, 2.24) is 15.4 Å². The van der Waals surface area contributed by atoms with Gasteiger partial charge in [-0.05, 0) is 49.8 Å². The van der Waals surface area contributed by atoms with Gasteiger partial charge in [-0.15, -0.1) is 5.12 Å². The number of aliphatic hydroxyl groups is 1. The molecule has 2 aromatic carbocycles. The number of hydrogen-bond acceptors (Lipinski definition) is 9. The van der Waals surface area contributed by atoms with Gasteiger partial charge in [0.25, 0.3) is 5.91 Å². The zero-order chi connectivity index (χ0) is 33.2. The van der Waals surface area contributed by atoms with Crippen molar-refractivity contribution < 1.29 is 34.1 Å². The fraction of sp³-hybridized carbons (Fsp3) is 0.500. The molecule has 7 N–H and O–H groups in total. The summed E-state index contributed by atoms with van der Waals surface area (Å²) in [5.74, 6) is 3.21. The number of hydrazine groups is 2. The molecule has 2 amide bonds.